The van der Waals surface area contributed by atoms with Gasteiger partial charge in [0.05, 0.1) is 16.5 Å². The van der Waals surface area contributed by atoms with Gasteiger partial charge in [-0.15, -0.1) is 5.10 Å². The molecular weight excluding hydrogens is 422 g/mol. The number of aromatic nitrogens is 4. The minimum Gasteiger partial charge on any atom is -0.486 e. The number of H-pyrrole nitrogens is 1. The molecule has 4 aromatic rings. The summed E-state index contributed by atoms with van der Waals surface area (Å²) in [4.78, 5) is 21.3. The number of benzene rings is 2. The van der Waals surface area contributed by atoms with Crippen LogP contribution in [0.25, 0.3) is 10.9 Å². The Hall–Kier alpha value is -3.10. The Labute approximate surface area is 182 Å². The summed E-state index contributed by atoms with van der Waals surface area (Å²) in [6.45, 7) is 2.04. The minimum absolute atomic E-state index is 0.139. The van der Waals surface area contributed by atoms with Crippen molar-refractivity contribution in [3.05, 3.63) is 71.6 Å². The maximum Gasteiger partial charge on any atom is 0.237 e. The first kappa shape index (κ1) is 20.2. The predicted octanol–water partition coefficient (Wildman–Crippen LogP) is 4.70. The first-order valence-corrected chi connectivity index (χ1v) is 10.4. The molecule has 2 N–H and O–H groups in total. The molecule has 30 heavy (non-hydrogen) atoms. The lowest BCUT2D eigenvalue weighted by molar-refractivity contribution is -0.115. The summed E-state index contributed by atoms with van der Waals surface area (Å²) in [6, 6.07) is 16.5. The highest BCUT2D eigenvalue weighted by molar-refractivity contribution is 8.00. The average molecular weight is 440 g/mol. The van der Waals surface area contributed by atoms with E-state index in [0.717, 1.165) is 16.6 Å². The number of carbonyl (C=O) groups excluding carboxylic acids is 1. The van der Waals surface area contributed by atoms with Gasteiger partial charge in [0, 0.05) is 16.6 Å². The molecule has 152 valence electrons. The molecule has 0 fully saturated rings. The van der Waals surface area contributed by atoms with Crippen molar-refractivity contribution in [1.82, 2.24) is 20.2 Å². The van der Waals surface area contributed by atoms with Crippen molar-refractivity contribution in [1.29, 1.82) is 0 Å². The van der Waals surface area contributed by atoms with Crippen molar-refractivity contribution < 1.29 is 9.53 Å². The molecule has 2 aromatic carbocycles. The van der Waals surface area contributed by atoms with Crippen molar-refractivity contribution in [3.8, 4) is 5.75 Å². The normalized spacial score (nSPS) is 11.9. The van der Waals surface area contributed by atoms with Crippen LogP contribution >= 0.6 is 23.4 Å². The number of halogens is 1. The minimum atomic E-state index is -0.391. The van der Waals surface area contributed by atoms with Crippen molar-refractivity contribution in [2.24, 2.45) is 0 Å². The van der Waals surface area contributed by atoms with Crippen molar-refractivity contribution in [3.63, 3.8) is 0 Å². The average Bonchev–Trinajstić information content (AvgIpc) is 3.21. The van der Waals surface area contributed by atoms with Crippen LogP contribution in [0.5, 0.6) is 5.75 Å². The summed E-state index contributed by atoms with van der Waals surface area (Å²) in [5, 5.41) is 11.6. The van der Waals surface area contributed by atoms with Crippen molar-refractivity contribution >= 4 is 45.9 Å². The highest BCUT2D eigenvalue weighted by atomic mass is 35.5. The summed E-state index contributed by atoms with van der Waals surface area (Å²) >= 11 is 7.13. The second-order valence-corrected chi connectivity index (χ2v) is 8.18. The van der Waals surface area contributed by atoms with Gasteiger partial charge in [-0.05, 0) is 55.5 Å². The third-order valence-corrected chi connectivity index (χ3v) is 5.47. The lowest BCUT2D eigenvalue weighted by atomic mass is 10.2. The Kier molecular flexibility index (Phi) is 6.15. The molecule has 0 aliphatic rings. The number of amides is 1. The van der Waals surface area contributed by atoms with Crippen LogP contribution < -0.4 is 10.1 Å². The number of nitrogens with one attached hydrogen (secondary N) is 2. The zero-order chi connectivity index (χ0) is 20.9. The molecule has 0 bridgehead atoms. The number of hydrogen-bond acceptors (Lipinski definition) is 6. The van der Waals surface area contributed by atoms with Crippen LogP contribution in [0.3, 0.4) is 0 Å². The predicted molar refractivity (Wildman–Crippen MR) is 118 cm³/mol. The fraction of sp³-hybridized carbons (Fsp3) is 0.143. The Morgan fingerprint density at radius 3 is 2.87 bits per heavy atom. The summed E-state index contributed by atoms with van der Waals surface area (Å²) < 4.78 is 5.65. The van der Waals surface area contributed by atoms with Crippen LogP contribution in [-0.4, -0.2) is 31.3 Å². The quantitative estimate of drug-likeness (QED) is 0.405. The zero-order valence-corrected chi connectivity index (χ0v) is 17.6. The Morgan fingerprint density at radius 1 is 1.20 bits per heavy atom. The van der Waals surface area contributed by atoms with Crippen LogP contribution in [0.2, 0.25) is 5.02 Å². The fourth-order valence-electron chi connectivity index (χ4n) is 2.74. The summed E-state index contributed by atoms with van der Waals surface area (Å²) in [5.74, 6) is 1.11. The fourth-order valence-corrected chi connectivity index (χ4v) is 3.61. The van der Waals surface area contributed by atoms with E-state index < -0.39 is 5.25 Å². The van der Waals surface area contributed by atoms with E-state index in [1.807, 2.05) is 37.3 Å². The SMILES string of the molecule is CC(Sc1n[nH]c(COc2ccc(Cl)cc2)n1)C(=O)Nc1cccc2ncccc12. The molecule has 0 saturated heterocycles. The van der Waals surface area contributed by atoms with E-state index in [4.69, 9.17) is 16.3 Å². The van der Waals surface area contributed by atoms with Crippen LogP contribution in [-0.2, 0) is 11.4 Å². The number of pyridine rings is 1. The molecule has 7 nitrogen and oxygen atoms in total. The first-order valence-electron chi connectivity index (χ1n) is 9.19. The topological polar surface area (TPSA) is 92.8 Å². The van der Waals surface area contributed by atoms with Gasteiger partial charge in [-0.25, -0.2) is 4.98 Å². The number of fused-ring (bicyclic) bond motifs is 1. The van der Waals surface area contributed by atoms with Crippen LogP contribution in [0.1, 0.15) is 12.7 Å². The number of ether oxygens (including phenoxy) is 1. The van der Waals surface area contributed by atoms with Crippen LogP contribution in [0.15, 0.2) is 66.0 Å². The molecule has 0 radical (unpaired) electrons. The molecule has 4 rings (SSSR count). The van der Waals surface area contributed by atoms with Gasteiger partial charge in [0.2, 0.25) is 11.1 Å². The standard InChI is InChI=1S/C21H18ClN5O2S/c1-13(20(28)24-18-6-2-5-17-16(18)4-3-11-23-17)30-21-25-19(26-27-21)12-29-15-9-7-14(22)8-10-15/h2-11,13H,12H2,1H3,(H,24,28)(H,25,26,27). The number of carbonyl (C=O) groups is 1. The third kappa shape index (κ3) is 4.90. The van der Waals surface area contributed by atoms with Crippen LogP contribution in [0.4, 0.5) is 5.69 Å². The molecule has 1 unspecified atom stereocenters. The molecular formula is C21H18ClN5O2S. The monoisotopic (exact) mass is 439 g/mol. The van der Waals surface area contributed by atoms with Gasteiger partial charge < -0.3 is 10.1 Å². The van der Waals surface area contributed by atoms with Gasteiger partial charge >= 0.3 is 0 Å². The number of anilines is 1. The molecule has 2 heterocycles. The van der Waals surface area contributed by atoms with Gasteiger partial charge in [-0.3, -0.25) is 14.9 Å². The molecule has 2 aromatic heterocycles. The number of rotatable bonds is 7. The second-order valence-electron chi connectivity index (χ2n) is 6.43. The van der Waals surface area contributed by atoms with E-state index in [2.05, 4.69) is 25.5 Å². The Balaban J connectivity index is 1.35. The maximum atomic E-state index is 12.7. The number of hydrogen-bond donors (Lipinski definition) is 2. The first-order chi connectivity index (χ1) is 14.6. The summed E-state index contributed by atoms with van der Waals surface area (Å²) in [6.07, 6.45) is 1.73. The number of aromatic amines is 1. The molecule has 9 heteroatoms. The van der Waals surface area contributed by atoms with Gasteiger partial charge in [-0.1, -0.05) is 29.4 Å². The van der Waals surface area contributed by atoms with Crippen molar-refractivity contribution in [2.75, 3.05) is 5.32 Å². The van der Waals surface area contributed by atoms with Crippen molar-refractivity contribution in [2.45, 2.75) is 23.9 Å². The molecule has 1 atom stereocenters. The molecule has 0 spiro atoms. The molecule has 0 aliphatic heterocycles. The second kappa shape index (κ2) is 9.15. The van der Waals surface area contributed by atoms with E-state index >= 15 is 0 Å². The van der Waals surface area contributed by atoms with E-state index in [-0.39, 0.29) is 12.5 Å². The van der Waals surface area contributed by atoms with E-state index in [9.17, 15) is 4.79 Å². The summed E-state index contributed by atoms with van der Waals surface area (Å²) in [5.41, 5.74) is 1.56. The van der Waals surface area contributed by atoms with E-state index in [1.54, 1.807) is 30.5 Å². The molecule has 0 aliphatic carbocycles. The largest absolute Gasteiger partial charge is 0.486 e. The van der Waals surface area contributed by atoms with Crippen LogP contribution in [0, 0.1) is 0 Å². The maximum absolute atomic E-state index is 12.7. The third-order valence-electron chi connectivity index (χ3n) is 4.26. The highest BCUT2D eigenvalue weighted by Crippen LogP contribution is 2.25. The number of nitrogens with zero attached hydrogens (tertiary/aromatic N) is 3. The number of thioether (sulfide) groups is 1. The zero-order valence-electron chi connectivity index (χ0n) is 16.0. The summed E-state index contributed by atoms with van der Waals surface area (Å²) in [7, 11) is 0. The molecule has 0 saturated carbocycles. The molecule has 1 amide bonds. The van der Waals surface area contributed by atoms with Gasteiger partial charge in [0.25, 0.3) is 0 Å². The van der Waals surface area contributed by atoms with E-state index in [0.29, 0.717) is 21.8 Å². The lowest BCUT2D eigenvalue weighted by Crippen LogP contribution is -2.22. The van der Waals surface area contributed by atoms with Gasteiger partial charge in [-0.2, -0.15) is 0 Å². The Morgan fingerprint density at radius 2 is 2.03 bits per heavy atom. The van der Waals surface area contributed by atoms with Gasteiger partial charge in [0.15, 0.2) is 5.82 Å². The highest BCUT2D eigenvalue weighted by Gasteiger charge is 2.18. The van der Waals surface area contributed by atoms with E-state index in [1.165, 1.54) is 11.8 Å². The smallest absolute Gasteiger partial charge is 0.237 e. The lowest BCUT2D eigenvalue weighted by Gasteiger charge is -2.12. The Bertz CT molecular complexity index is 1160. The van der Waals surface area contributed by atoms with Gasteiger partial charge in [0.1, 0.15) is 12.4 Å².